The van der Waals surface area contributed by atoms with E-state index in [1.54, 1.807) is 4.90 Å². The molecule has 4 heteroatoms. The molecular weight excluding hydrogens is 288 g/mol. The number of carbonyl (C=O) groups is 2. The van der Waals surface area contributed by atoms with Gasteiger partial charge in [0.1, 0.15) is 6.04 Å². The molecular formula is C19H24N2O2. The summed E-state index contributed by atoms with van der Waals surface area (Å²) in [7, 11) is 0. The summed E-state index contributed by atoms with van der Waals surface area (Å²) >= 11 is 0. The van der Waals surface area contributed by atoms with Gasteiger partial charge in [0.2, 0.25) is 5.91 Å². The van der Waals surface area contributed by atoms with E-state index in [4.69, 9.17) is 5.73 Å². The van der Waals surface area contributed by atoms with E-state index < -0.39 is 6.04 Å². The Morgan fingerprint density at radius 1 is 1.09 bits per heavy atom. The van der Waals surface area contributed by atoms with Gasteiger partial charge in [-0.3, -0.25) is 9.59 Å². The first-order valence-electron chi connectivity index (χ1n) is 8.86. The lowest BCUT2D eigenvalue weighted by Gasteiger charge is -2.28. The number of nitrogens with two attached hydrogens (primary N) is 1. The molecule has 1 aliphatic heterocycles. The summed E-state index contributed by atoms with van der Waals surface area (Å²) in [6.07, 6.45) is 7.15. The standard InChI is InChI=1S/C19H24N2O2/c20-18(22)17-16-10-13(16)11-21(17)19(23)15-9-5-4-8-14(15)12-6-2-1-3-7-12/h4-5,8-9,12-13,16-17H,1-3,6-7,10-11H2,(H2,20,22)/t13-,16-,17-/m0/s1. The largest absolute Gasteiger partial charge is 0.368 e. The molecule has 3 fully saturated rings. The summed E-state index contributed by atoms with van der Waals surface area (Å²) in [5.74, 6) is 0.922. The van der Waals surface area contributed by atoms with E-state index in [2.05, 4.69) is 6.07 Å². The molecule has 0 bridgehead atoms. The highest BCUT2D eigenvalue weighted by molar-refractivity contribution is 5.99. The lowest BCUT2D eigenvalue weighted by atomic mass is 9.82. The third kappa shape index (κ3) is 2.54. The van der Waals surface area contributed by atoms with Crippen molar-refractivity contribution in [2.75, 3.05) is 6.54 Å². The van der Waals surface area contributed by atoms with Gasteiger partial charge in [0.05, 0.1) is 0 Å². The van der Waals surface area contributed by atoms with Crippen molar-refractivity contribution in [1.82, 2.24) is 4.90 Å². The summed E-state index contributed by atoms with van der Waals surface area (Å²) < 4.78 is 0. The van der Waals surface area contributed by atoms with E-state index in [1.165, 1.54) is 24.8 Å². The van der Waals surface area contributed by atoms with Gasteiger partial charge in [-0.1, -0.05) is 37.5 Å². The Balaban J connectivity index is 1.62. The van der Waals surface area contributed by atoms with E-state index in [1.807, 2.05) is 18.2 Å². The minimum absolute atomic E-state index is 0.00201. The molecule has 2 aliphatic carbocycles. The molecule has 122 valence electrons. The Labute approximate surface area is 137 Å². The fourth-order valence-electron chi connectivity index (χ4n) is 4.65. The number of benzene rings is 1. The van der Waals surface area contributed by atoms with Gasteiger partial charge in [0.25, 0.3) is 5.91 Å². The van der Waals surface area contributed by atoms with Gasteiger partial charge < -0.3 is 10.6 Å². The molecule has 0 unspecified atom stereocenters. The zero-order valence-corrected chi connectivity index (χ0v) is 13.4. The number of likely N-dealkylation sites (tertiary alicyclic amines) is 1. The molecule has 2 amide bonds. The molecule has 1 aromatic rings. The number of piperidine rings is 1. The molecule has 0 radical (unpaired) electrons. The van der Waals surface area contributed by atoms with Gasteiger partial charge in [-0.15, -0.1) is 0 Å². The number of nitrogens with zero attached hydrogens (tertiary/aromatic N) is 1. The number of amides is 2. The van der Waals surface area contributed by atoms with Crippen LogP contribution < -0.4 is 5.73 Å². The SMILES string of the molecule is NC(=O)[C@@H]1[C@H]2C[C@H]2CN1C(=O)c1ccccc1C1CCCCC1. The van der Waals surface area contributed by atoms with E-state index in [0.29, 0.717) is 24.3 Å². The lowest BCUT2D eigenvalue weighted by molar-refractivity contribution is -0.122. The molecule has 3 atom stereocenters. The predicted octanol–water partition coefficient (Wildman–Crippen LogP) is 2.68. The second-order valence-electron chi connectivity index (χ2n) is 7.39. The van der Waals surface area contributed by atoms with Crippen LogP contribution in [-0.4, -0.2) is 29.3 Å². The number of carbonyl (C=O) groups excluding carboxylic acids is 2. The predicted molar refractivity (Wildman–Crippen MR) is 87.9 cm³/mol. The monoisotopic (exact) mass is 312 g/mol. The number of fused-ring (bicyclic) bond motifs is 1. The second-order valence-corrected chi connectivity index (χ2v) is 7.39. The smallest absolute Gasteiger partial charge is 0.254 e. The van der Waals surface area contributed by atoms with Gasteiger partial charge in [-0.05, 0) is 48.6 Å². The van der Waals surface area contributed by atoms with Gasteiger partial charge in [-0.25, -0.2) is 0 Å². The first kappa shape index (κ1) is 14.7. The molecule has 4 nitrogen and oxygen atoms in total. The summed E-state index contributed by atoms with van der Waals surface area (Å²) in [4.78, 5) is 26.6. The Morgan fingerprint density at radius 3 is 2.57 bits per heavy atom. The van der Waals surface area contributed by atoms with E-state index >= 15 is 0 Å². The maximum atomic E-state index is 13.1. The van der Waals surface area contributed by atoms with Crippen LogP contribution in [0.25, 0.3) is 0 Å². The Hall–Kier alpha value is -1.84. The summed E-state index contributed by atoms with van der Waals surface area (Å²) in [5, 5.41) is 0. The van der Waals surface area contributed by atoms with Crippen molar-refractivity contribution in [3.63, 3.8) is 0 Å². The minimum Gasteiger partial charge on any atom is -0.368 e. The molecule has 1 aromatic carbocycles. The zero-order chi connectivity index (χ0) is 16.0. The van der Waals surface area contributed by atoms with Crippen molar-refractivity contribution in [2.24, 2.45) is 17.6 Å². The van der Waals surface area contributed by atoms with Gasteiger partial charge in [0, 0.05) is 12.1 Å². The molecule has 1 heterocycles. The van der Waals surface area contributed by atoms with E-state index in [-0.39, 0.29) is 11.8 Å². The average molecular weight is 312 g/mol. The van der Waals surface area contributed by atoms with Crippen LogP contribution in [0.15, 0.2) is 24.3 Å². The van der Waals surface area contributed by atoms with Crippen LogP contribution in [0.5, 0.6) is 0 Å². The highest BCUT2D eigenvalue weighted by atomic mass is 16.2. The van der Waals surface area contributed by atoms with Gasteiger partial charge in [0.15, 0.2) is 0 Å². The van der Waals surface area contributed by atoms with Crippen LogP contribution in [0, 0.1) is 11.8 Å². The highest BCUT2D eigenvalue weighted by Gasteiger charge is 2.56. The van der Waals surface area contributed by atoms with Crippen LogP contribution in [0.3, 0.4) is 0 Å². The first-order valence-corrected chi connectivity index (χ1v) is 8.86. The molecule has 2 N–H and O–H groups in total. The average Bonchev–Trinajstić information content (AvgIpc) is 3.24. The number of hydrogen-bond donors (Lipinski definition) is 1. The molecule has 0 spiro atoms. The maximum absolute atomic E-state index is 13.1. The Kier molecular flexibility index (Phi) is 3.63. The topological polar surface area (TPSA) is 63.4 Å². The summed E-state index contributed by atoms with van der Waals surface area (Å²) in [6, 6.07) is 7.57. The summed E-state index contributed by atoms with van der Waals surface area (Å²) in [6.45, 7) is 0.691. The lowest BCUT2D eigenvalue weighted by Crippen LogP contribution is -2.46. The quantitative estimate of drug-likeness (QED) is 0.932. The molecule has 23 heavy (non-hydrogen) atoms. The van der Waals surface area contributed by atoms with Crippen molar-refractivity contribution in [1.29, 1.82) is 0 Å². The molecule has 4 rings (SSSR count). The van der Waals surface area contributed by atoms with Crippen LogP contribution in [0.1, 0.15) is 60.4 Å². The minimum atomic E-state index is -0.396. The Morgan fingerprint density at radius 2 is 1.83 bits per heavy atom. The maximum Gasteiger partial charge on any atom is 0.254 e. The fraction of sp³-hybridized carbons (Fsp3) is 0.579. The number of rotatable bonds is 3. The van der Waals surface area contributed by atoms with Crippen molar-refractivity contribution in [3.8, 4) is 0 Å². The van der Waals surface area contributed by atoms with Crippen molar-refractivity contribution < 1.29 is 9.59 Å². The molecule has 2 saturated carbocycles. The van der Waals surface area contributed by atoms with E-state index in [9.17, 15) is 9.59 Å². The number of primary amides is 1. The summed E-state index contributed by atoms with van der Waals surface area (Å²) in [5.41, 5.74) is 7.52. The fourth-order valence-corrected chi connectivity index (χ4v) is 4.65. The van der Waals surface area contributed by atoms with Crippen LogP contribution in [-0.2, 0) is 4.79 Å². The number of hydrogen-bond acceptors (Lipinski definition) is 2. The molecule has 0 aromatic heterocycles. The second kappa shape index (κ2) is 5.66. The first-order chi connectivity index (χ1) is 11.2. The third-order valence-electron chi connectivity index (χ3n) is 5.94. The van der Waals surface area contributed by atoms with Crippen molar-refractivity contribution >= 4 is 11.8 Å². The van der Waals surface area contributed by atoms with Gasteiger partial charge >= 0.3 is 0 Å². The van der Waals surface area contributed by atoms with Crippen molar-refractivity contribution in [3.05, 3.63) is 35.4 Å². The normalized spacial score (nSPS) is 30.1. The highest BCUT2D eigenvalue weighted by Crippen LogP contribution is 2.50. The van der Waals surface area contributed by atoms with Crippen LogP contribution in [0.2, 0.25) is 0 Å². The van der Waals surface area contributed by atoms with Gasteiger partial charge in [-0.2, -0.15) is 0 Å². The third-order valence-corrected chi connectivity index (χ3v) is 5.94. The van der Waals surface area contributed by atoms with E-state index in [0.717, 1.165) is 24.8 Å². The Bertz CT molecular complexity index is 636. The zero-order valence-electron chi connectivity index (χ0n) is 13.4. The molecule has 1 saturated heterocycles. The molecule has 3 aliphatic rings. The van der Waals surface area contributed by atoms with Crippen LogP contribution >= 0.6 is 0 Å². The van der Waals surface area contributed by atoms with Crippen LogP contribution in [0.4, 0.5) is 0 Å². The van der Waals surface area contributed by atoms with Crippen molar-refractivity contribution in [2.45, 2.75) is 50.5 Å².